The van der Waals surface area contributed by atoms with Crippen LogP contribution in [0.4, 0.5) is 24.7 Å². The van der Waals surface area contributed by atoms with Crippen molar-refractivity contribution in [3.05, 3.63) is 54.1 Å². The van der Waals surface area contributed by atoms with Crippen LogP contribution in [0.3, 0.4) is 0 Å². The van der Waals surface area contributed by atoms with Crippen LogP contribution in [0.1, 0.15) is 5.56 Å². The number of benzene rings is 2. The molecule has 0 amide bonds. The van der Waals surface area contributed by atoms with Gasteiger partial charge in [-0.3, -0.25) is 0 Å². The number of aromatic amines is 1. The van der Waals surface area contributed by atoms with Gasteiger partial charge in [-0.1, -0.05) is 12.1 Å². The zero-order valence-corrected chi connectivity index (χ0v) is 13.3. The number of rotatable bonds is 2. The highest BCUT2D eigenvalue weighted by molar-refractivity contribution is 7.80. The van der Waals surface area contributed by atoms with Gasteiger partial charge in [0.25, 0.3) is 0 Å². The van der Waals surface area contributed by atoms with Crippen LogP contribution in [0.15, 0.2) is 58.8 Å². The molecule has 0 unspecified atom stereocenters. The number of para-hydroxylation sites is 1. The zero-order valence-electron chi connectivity index (χ0n) is 12.5. The highest BCUT2D eigenvalue weighted by Gasteiger charge is 2.29. The number of nitrogens with zero attached hydrogens (tertiary/aromatic N) is 2. The van der Waals surface area contributed by atoms with E-state index in [0.29, 0.717) is 16.6 Å². The quantitative estimate of drug-likeness (QED) is 0.423. The van der Waals surface area contributed by atoms with Crippen molar-refractivity contribution in [1.29, 1.82) is 0 Å². The lowest BCUT2D eigenvalue weighted by Crippen LogP contribution is -2.07. The minimum Gasteiger partial charge on any atom is -0.504 e. The summed E-state index contributed by atoms with van der Waals surface area (Å²) in [6.07, 6.45) is -4.40. The lowest BCUT2D eigenvalue weighted by molar-refractivity contribution is -0.137. The van der Waals surface area contributed by atoms with Crippen molar-refractivity contribution in [2.45, 2.75) is 6.18 Å². The number of hydrogen-bond acceptors (Lipinski definition) is 3. The smallest absolute Gasteiger partial charge is 0.416 e. The van der Waals surface area contributed by atoms with E-state index in [0.717, 1.165) is 12.1 Å². The molecule has 25 heavy (non-hydrogen) atoms. The molecular weight excluding hydrogens is 353 g/mol. The number of H-pyrrole nitrogens is 1. The predicted octanol–water partition coefficient (Wildman–Crippen LogP) is 5.37. The third-order valence-electron chi connectivity index (χ3n) is 3.36. The van der Waals surface area contributed by atoms with Gasteiger partial charge in [0, 0.05) is 11.1 Å². The van der Waals surface area contributed by atoms with Crippen LogP contribution in [0, 0.1) is 0 Å². The van der Waals surface area contributed by atoms with E-state index in [1.807, 2.05) is 0 Å². The van der Waals surface area contributed by atoms with Gasteiger partial charge < -0.3 is 15.4 Å². The summed E-state index contributed by atoms with van der Waals surface area (Å²) >= 11 is 4.98. The summed E-state index contributed by atoms with van der Waals surface area (Å²) in [5.74, 6) is 0.0782. The van der Waals surface area contributed by atoms with Crippen LogP contribution in [0.5, 0.6) is 5.75 Å². The summed E-state index contributed by atoms with van der Waals surface area (Å²) in [4.78, 5) is 2.88. The molecule has 1 aromatic heterocycles. The Hall–Kier alpha value is -2.94. The molecule has 9 heteroatoms. The molecule has 0 spiro atoms. The Balaban J connectivity index is 1.71. The molecule has 0 bridgehead atoms. The van der Waals surface area contributed by atoms with Crippen LogP contribution in [-0.4, -0.2) is 15.2 Å². The van der Waals surface area contributed by atoms with Crippen molar-refractivity contribution < 1.29 is 18.3 Å². The van der Waals surface area contributed by atoms with E-state index < -0.39 is 11.7 Å². The Morgan fingerprint density at radius 2 is 1.76 bits per heavy atom. The van der Waals surface area contributed by atoms with E-state index in [9.17, 15) is 18.3 Å². The van der Waals surface area contributed by atoms with Gasteiger partial charge in [0.1, 0.15) is 0 Å². The van der Waals surface area contributed by atoms with Gasteiger partial charge in [-0.15, -0.1) is 10.2 Å². The van der Waals surface area contributed by atoms with Gasteiger partial charge in [-0.2, -0.15) is 13.2 Å². The monoisotopic (exact) mass is 364 g/mol. The molecule has 3 N–H and O–H groups in total. The Kier molecular flexibility index (Phi) is 4.41. The molecule has 5 nitrogen and oxygen atoms in total. The maximum Gasteiger partial charge on any atom is 0.416 e. The number of anilines is 1. The Labute approximate surface area is 145 Å². The number of alkyl halides is 3. The second-order valence-electron chi connectivity index (χ2n) is 5.07. The minimum atomic E-state index is -4.40. The Bertz CT molecular complexity index is 948. The van der Waals surface area contributed by atoms with Crippen LogP contribution in [0.25, 0.3) is 10.9 Å². The number of aromatic hydroxyl groups is 1. The van der Waals surface area contributed by atoms with Gasteiger partial charge in [0.05, 0.1) is 11.1 Å². The number of nitrogens with one attached hydrogen (secondary N) is 2. The molecule has 0 radical (unpaired) electrons. The van der Waals surface area contributed by atoms with Crippen molar-refractivity contribution in [2.24, 2.45) is 10.2 Å². The predicted molar refractivity (Wildman–Crippen MR) is 92.1 cm³/mol. The number of fused-ring (bicyclic) bond motifs is 1. The second-order valence-corrected chi connectivity index (χ2v) is 5.46. The molecular formula is C16H11F3N4OS. The molecule has 128 valence electrons. The molecule has 0 saturated heterocycles. The molecule has 2 aromatic carbocycles. The number of hydrogen-bond donors (Lipinski definition) is 3. The van der Waals surface area contributed by atoms with E-state index in [1.54, 1.807) is 24.3 Å². The molecule has 3 aromatic rings. The fourth-order valence-electron chi connectivity index (χ4n) is 2.17. The van der Waals surface area contributed by atoms with Gasteiger partial charge >= 0.3 is 6.18 Å². The molecule has 0 aliphatic carbocycles. The molecule has 0 atom stereocenters. The molecule has 0 aliphatic heterocycles. The van der Waals surface area contributed by atoms with E-state index in [4.69, 9.17) is 12.2 Å². The fourth-order valence-corrected chi connectivity index (χ4v) is 2.33. The molecule has 1 heterocycles. The summed E-state index contributed by atoms with van der Waals surface area (Å²) in [5, 5.41) is 20.8. The van der Waals surface area contributed by atoms with Crippen molar-refractivity contribution in [3.8, 4) is 5.75 Å². The summed E-state index contributed by atoms with van der Waals surface area (Å²) in [6.45, 7) is 0. The lowest BCUT2D eigenvalue weighted by Gasteiger charge is -2.08. The number of aromatic nitrogens is 1. The molecule has 3 rings (SSSR count). The minimum absolute atomic E-state index is 0.0576. The van der Waals surface area contributed by atoms with Crippen LogP contribution in [-0.2, 0) is 6.18 Å². The van der Waals surface area contributed by atoms with E-state index >= 15 is 0 Å². The number of azo groups is 1. The first-order valence-electron chi connectivity index (χ1n) is 7.04. The SMILES string of the molecule is Oc1c(N=NC(=S)Nc2ccc(C(F)(F)F)cc2)[nH]c2ccccc12. The van der Waals surface area contributed by atoms with Crippen molar-refractivity contribution in [1.82, 2.24) is 4.98 Å². The Morgan fingerprint density at radius 3 is 2.40 bits per heavy atom. The van der Waals surface area contributed by atoms with Crippen LogP contribution >= 0.6 is 12.2 Å². The summed E-state index contributed by atoms with van der Waals surface area (Å²) in [7, 11) is 0. The first-order valence-corrected chi connectivity index (χ1v) is 7.45. The van der Waals surface area contributed by atoms with Crippen LogP contribution < -0.4 is 5.32 Å². The van der Waals surface area contributed by atoms with Gasteiger partial charge in [0.15, 0.2) is 11.6 Å². The number of halogens is 3. The summed E-state index contributed by atoms with van der Waals surface area (Å²) < 4.78 is 37.5. The molecule has 0 aliphatic rings. The van der Waals surface area contributed by atoms with Gasteiger partial charge in [0.2, 0.25) is 5.11 Å². The van der Waals surface area contributed by atoms with Crippen molar-refractivity contribution >= 4 is 39.7 Å². The first-order chi connectivity index (χ1) is 11.8. The lowest BCUT2D eigenvalue weighted by atomic mass is 10.2. The normalized spacial score (nSPS) is 12.0. The van der Waals surface area contributed by atoms with Crippen molar-refractivity contribution in [2.75, 3.05) is 5.32 Å². The van der Waals surface area contributed by atoms with Crippen LogP contribution in [0.2, 0.25) is 0 Å². The first kappa shape index (κ1) is 16.9. The maximum atomic E-state index is 12.5. The maximum absolute atomic E-state index is 12.5. The van der Waals surface area contributed by atoms with Gasteiger partial charge in [-0.25, -0.2) is 0 Å². The average molecular weight is 364 g/mol. The largest absolute Gasteiger partial charge is 0.504 e. The van der Waals surface area contributed by atoms with E-state index in [1.165, 1.54) is 12.1 Å². The van der Waals surface area contributed by atoms with E-state index in [-0.39, 0.29) is 16.7 Å². The fraction of sp³-hybridized carbons (Fsp3) is 0.0625. The topological polar surface area (TPSA) is 72.8 Å². The zero-order chi connectivity index (χ0) is 18.0. The van der Waals surface area contributed by atoms with Crippen molar-refractivity contribution in [3.63, 3.8) is 0 Å². The standard InChI is InChI=1S/C16H11F3N4OS/c17-16(18,19)9-5-7-10(8-6-9)20-15(25)23-22-14-13(24)11-3-1-2-4-12(11)21-14/h1-8,21,24H,(H,20,25). The third-order valence-corrected chi connectivity index (χ3v) is 3.55. The molecule has 0 fully saturated rings. The second kappa shape index (κ2) is 6.52. The molecule has 0 saturated carbocycles. The highest BCUT2D eigenvalue weighted by Crippen LogP contribution is 2.34. The summed E-state index contributed by atoms with van der Waals surface area (Å²) in [6, 6.07) is 11.4. The van der Waals surface area contributed by atoms with Gasteiger partial charge in [-0.05, 0) is 48.6 Å². The average Bonchev–Trinajstić information content (AvgIpc) is 2.89. The highest BCUT2D eigenvalue weighted by atomic mass is 32.1. The third kappa shape index (κ3) is 3.77. The summed E-state index contributed by atoms with van der Waals surface area (Å²) in [5.41, 5.74) is 0.280. The Morgan fingerprint density at radius 1 is 1.08 bits per heavy atom. The van der Waals surface area contributed by atoms with E-state index in [2.05, 4.69) is 20.5 Å². The number of thiocarbonyl (C=S) groups is 1.